The lowest BCUT2D eigenvalue weighted by atomic mass is 10.3. The van der Waals surface area contributed by atoms with Crippen molar-refractivity contribution in [1.29, 1.82) is 0 Å². The molecule has 0 aliphatic rings. The van der Waals surface area contributed by atoms with Crippen molar-refractivity contribution in [1.82, 2.24) is 0 Å². The minimum atomic E-state index is -3.65. The van der Waals surface area contributed by atoms with Gasteiger partial charge in [0, 0.05) is 5.69 Å². The minimum Gasteiger partial charge on any atom is -0.350 e. The molecule has 3 N–H and O–H groups in total. The van der Waals surface area contributed by atoms with Crippen LogP contribution in [0.25, 0.3) is 0 Å². The van der Waals surface area contributed by atoms with Gasteiger partial charge in [0.1, 0.15) is 0 Å². The molecule has 0 radical (unpaired) electrons. The van der Waals surface area contributed by atoms with Crippen LogP contribution in [0.4, 0.5) is 5.69 Å². The summed E-state index contributed by atoms with van der Waals surface area (Å²) in [6, 6.07) is 6.24. The van der Waals surface area contributed by atoms with Crippen molar-refractivity contribution < 1.29 is 8.42 Å². The second-order valence-corrected chi connectivity index (χ2v) is 5.03. The number of hydrogen-bond acceptors (Lipinski definition) is 3. The van der Waals surface area contributed by atoms with E-state index in [0.29, 0.717) is 17.1 Å². The summed E-state index contributed by atoms with van der Waals surface area (Å²) < 4.78 is 22.1. The van der Waals surface area contributed by atoms with Gasteiger partial charge in [0.05, 0.1) is 9.88 Å². The van der Waals surface area contributed by atoms with Crippen molar-refractivity contribution in [2.24, 2.45) is 5.14 Å². The maximum atomic E-state index is 11.1. The first kappa shape index (κ1) is 12.1. The molecule has 0 unspecified atom stereocenters. The Morgan fingerprint density at radius 3 is 2.73 bits per heavy atom. The smallest absolute Gasteiger partial charge is 0.238 e. The van der Waals surface area contributed by atoms with Gasteiger partial charge in [-0.25, -0.2) is 13.6 Å². The van der Waals surface area contributed by atoms with Crippen LogP contribution < -0.4 is 10.5 Å². The van der Waals surface area contributed by atoms with E-state index >= 15 is 0 Å². The summed E-state index contributed by atoms with van der Waals surface area (Å²) in [5.41, 5.74) is 0.633. The predicted octanol–water partition coefficient (Wildman–Crippen LogP) is 1.48. The van der Waals surface area contributed by atoms with E-state index in [1.165, 1.54) is 12.1 Å². The fourth-order valence-corrected chi connectivity index (χ4v) is 1.68. The lowest BCUT2D eigenvalue weighted by Gasteiger charge is -2.06. The van der Waals surface area contributed by atoms with Crippen molar-refractivity contribution in [3.05, 3.63) is 24.3 Å². The van der Waals surface area contributed by atoms with Gasteiger partial charge in [-0.05, 0) is 24.6 Å². The lowest BCUT2D eigenvalue weighted by Crippen LogP contribution is -2.13. The van der Waals surface area contributed by atoms with Gasteiger partial charge >= 0.3 is 0 Å². The molecule has 0 saturated heterocycles. The summed E-state index contributed by atoms with van der Waals surface area (Å²) in [6.07, 6.45) is 0.703. The average Bonchev–Trinajstić information content (AvgIpc) is 2.17. The van der Waals surface area contributed by atoms with Crippen molar-refractivity contribution >= 4 is 32.9 Å². The summed E-state index contributed by atoms with van der Waals surface area (Å²) in [7, 11) is -3.65. The van der Waals surface area contributed by atoms with Crippen LogP contribution in [0.1, 0.15) is 13.3 Å². The van der Waals surface area contributed by atoms with Gasteiger partial charge in [0.2, 0.25) is 10.0 Å². The molecular weight excluding hydrogens is 232 g/mol. The molecule has 0 amide bonds. The molecule has 0 heterocycles. The standard InChI is InChI=1S/C9H12N2O2S2/c1-2-9(14)11-7-4-3-5-8(6-7)15(10,12)13/h3-6H,2H2,1H3,(H,11,14)(H2,10,12,13). The molecule has 6 heteroatoms. The minimum absolute atomic E-state index is 0.0754. The molecule has 1 aromatic rings. The largest absolute Gasteiger partial charge is 0.350 e. The quantitative estimate of drug-likeness (QED) is 0.790. The Morgan fingerprint density at radius 2 is 2.20 bits per heavy atom. The highest BCUT2D eigenvalue weighted by molar-refractivity contribution is 7.89. The third kappa shape index (κ3) is 3.58. The summed E-state index contributed by atoms with van der Waals surface area (Å²) in [4.78, 5) is 0.730. The van der Waals surface area contributed by atoms with Crippen LogP contribution in [0.5, 0.6) is 0 Å². The van der Waals surface area contributed by atoms with Gasteiger partial charge in [-0.15, -0.1) is 0 Å². The van der Waals surface area contributed by atoms with E-state index in [1.54, 1.807) is 12.1 Å². The van der Waals surface area contributed by atoms with Gasteiger partial charge in [-0.3, -0.25) is 0 Å². The van der Waals surface area contributed by atoms with Crippen LogP contribution in [0.15, 0.2) is 29.2 Å². The number of rotatable bonds is 3. The first-order valence-corrected chi connectivity index (χ1v) is 6.31. The number of anilines is 1. The molecule has 0 aliphatic carbocycles. The molecule has 0 bridgehead atoms. The van der Waals surface area contributed by atoms with Crippen LogP contribution in [0, 0.1) is 0 Å². The zero-order valence-electron chi connectivity index (χ0n) is 8.23. The van der Waals surface area contributed by atoms with Gasteiger partial charge in [0.25, 0.3) is 0 Å². The molecule has 0 atom stereocenters. The van der Waals surface area contributed by atoms with Crippen molar-refractivity contribution in [2.75, 3.05) is 5.32 Å². The highest BCUT2D eigenvalue weighted by Crippen LogP contribution is 2.14. The summed E-state index contributed by atoms with van der Waals surface area (Å²) >= 11 is 4.98. The lowest BCUT2D eigenvalue weighted by molar-refractivity contribution is 0.598. The SMILES string of the molecule is CCC(=S)Nc1cccc(S(N)(=O)=O)c1. The molecule has 0 fully saturated rings. The number of primary sulfonamides is 1. The van der Waals surface area contributed by atoms with Gasteiger partial charge in [0.15, 0.2) is 0 Å². The van der Waals surface area contributed by atoms with E-state index in [4.69, 9.17) is 17.4 Å². The summed E-state index contributed by atoms with van der Waals surface area (Å²) in [6.45, 7) is 1.92. The van der Waals surface area contributed by atoms with Crippen molar-refractivity contribution in [3.63, 3.8) is 0 Å². The Morgan fingerprint density at radius 1 is 1.53 bits per heavy atom. The number of benzene rings is 1. The number of thiocarbonyl (C=S) groups is 1. The molecule has 4 nitrogen and oxygen atoms in total. The highest BCUT2D eigenvalue weighted by Gasteiger charge is 2.07. The molecular formula is C9H12N2O2S2. The van der Waals surface area contributed by atoms with Crippen LogP contribution >= 0.6 is 12.2 Å². The fourth-order valence-electron chi connectivity index (χ4n) is 1.00. The first-order valence-electron chi connectivity index (χ1n) is 4.36. The van der Waals surface area contributed by atoms with E-state index in [1.807, 2.05) is 6.92 Å². The highest BCUT2D eigenvalue weighted by atomic mass is 32.2. The second-order valence-electron chi connectivity index (χ2n) is 2.97. The second kappa shape index (κ2) is 4.69. The summed E-state index contributed by atoms with van der Waals surface area (Å²) in [5, 5.41) is 7.92. The van der Waals surface area contributed by atoms with E-state index in [2.05, 4.69) is 5.32 Å². The molecule has 0 aliphatic heterocycles. The van der Waals surface area contributed by atoms with E-state index < -0.39 is 10.0 Å². The van der Waals surface area contributed by atoms with E-state index in [0.717, 1.165) is 0 Å². The van der Waals surface area contributed by atoms with Crippen LogP contribution in [-0.2, 0) is 10.0 Å². The average molecular weight is 244 g/mol. The molecule has 0 aromatic heterocycles. The number of sulfonamides is 1. The topological polar surface area (TPSA) is 72.2 Å². The third-order valence-electron chi connectivity index (χ3n) is 1.77. The molecule has 1 rings (SSSR count). The van der Waals surface area contributed by atoms with Crippen molar-refractivity contribution in [2.45, 2.75) is 18.2 Å². The number of nitrogens with two attached hydrogens (primary N) is 1. The Kier molecular flexibility index (Phi) is 3.78. The Balaban J connectivity index is 2.99. The molecule has 0 saturated carbocycles. The maximum Gasteiger partial charge on any atom is 0.238 e. The molecule has 82 valence electrons. The predicted molar refractivity (Wildman–Crippen MR) is 64.3 cm³/mol. The van der Waals surface area contributed by atoms with Crippen LogP contribution in [0.2, 0.25) is 0 Å². The fraction of sp³-hybridized carbons (Fsp3) is 0.222. The van der Waals surface area contributed by atoms with E-state index in [-0.39, 0.29) is 4.90 Å². The van der Waals surface area contributed by atoms with E-state index in [9.17, 15) is 8.42 Å². The zero-order chi connectivity index (χ0) is 11.5. The van der Waals surface area contributed by atoms with Crippen molar-refractivity contribution in [3.8, 4) is 0 Å². The Hall–Kier alpha value is -0.980. The number of hydrogen-bond donors (Lipinski definition) is 2. The Labute approximate surface area is 94.5 Å². The monoisotopic (exact) mass is 244 g/mol. The van der Waals surface area contributed by atoms with Gasteiger partial charge in [-0.2, -0.15) is 0 Å². The first-order chi connectivity index (χ1) is 6.93. The maximum absolute atomic E-state index is 11.1. The Bertz CT molecular complexity index is 469. The molecule has 15 heavy (non-hydrogen) atoms. The van der Waals surface area contributed by atoms with Gasteiger partial charge < -0.3 is 5.32 Å². The third-order valence-corrected chi connectivity index (χ3v) is 3.07. The van der Waals surface area contributed by atoms with Gasteiger partial charge in [-0.1, -0.05) is 25.2 Å². The molecule has 1 aromatic carbocycles. The number of nitrogens with one attached hydrogen (secondary N) is 1. The van der Waals surface area contributed by atoms with Crippen LogP contribution in [-0.4, -0.2) is 13.4 Å². The zero-order valence-corrected chi connectivity index (χ0v) is 9.86. The molecule has 0 spiro atoms. The van der Waals surface area contributed by atoms with Crippen LogP contribution in [0.3, 0.4) is 0 Å². The normalized spacial score (nSPS) is 11.1. The summed E-state index contributed by atoms with van der Waals surface area (Å²) in [5.74, 6) is 0.